The van der Waals surface area contributed by atoms with Gasteiger partial charge in [0.25, 0.3) is 0 Å². The maximum absolute atomic E-state index is 4.61. The van der Waals surface area contributed by atoms with Crippen molar-refractivity contribution in [1.82, 2.24) is 0 Å². The number of allylic oxidation sites excluding steroid dienone is 4. The molecule has 0 aromatic heterocycles. The number of benzene rings is 1. The zero-order chi connectivity index (χ0) is 11.2. The van der Waals surface area contributed by atoms with Gasteiger partial charge in [-0.25, -0.2) is 0 Å². The van der Waals surface area contributed by atoms with Gasteiger partial charge in [-0.1, -0.05) is 24.3 Å². The van der Waals surface area contributed by atoms with Gasteiger partial charge < -0.3 is 4.90 Å². The highest BCUT2D eigenvalue weighted by atomic mass is 15.2. The second-order valence-electron chi connectivity index (χ2n) is 4.86. The number of hydrogen-bond donors (Lipinski definition) is 0. The van der Waals surface area contributed by atoms with Crippen LogP contribution in [0, 0.1) is 5.92 Å². The Hall–Kier alpha value is -1.83. The molecule has 2 nitrogen and oxygen atoms in total. The predicted octanol–water partition coefficient (Wildman–Crippen LogP) is 3.44. The normalized spacial score (nSPS) is 24.7. The monoisotopic (exact) mass is 222 g/mol. The van der Waals surface area contributed by atoms with Gasteiger partial charge in [0, 0.05) is 29.9 Å². The van der Waals surface area contributed by atoms with Crippen LogP contribution in [0.15, 0.2) is 52.7 Å². The number of aliphatic imine (C=N–C) groups is 1. The van der Waals surface area contributed by atoms with Crippen LogP contribution >= 0.6 is 0 Å². The van der Waals surface area contributed by atoms with E-state index in [1.807, 2.05) is 6.21 Å². The van der Waals surface area contributed by atoms with Crippen molar-refractivity contribution in [3.63, 3.8) is 0 Å². The Balaban J connectivity index is 1.96. The number of rotatable bonds is 0. The zero-order valence-corrected chi connectivity index (χ0v) is 9.63. The highest BCUT2D eigenvalue weighted by molar-refractivity contribution is 5.92. The van der Waals surface area contributed by atoms with Crippen molar-refractivity contribution in [2.75, 3.05) is 11.4 Å². The van der Waals surface area contributed by atoms with Gasteiger partial charge in [-0.2, -0.15) is 0 Å². The van der Waals surface area contributed by atoms with E-state index in [1.165, 1.54) is 29.8 Å². The third kappa shape index (κ3) is 1.24. The van der Waals surface area contributed by atoms with Crippen LogP contribution in [0.5, 0.6) is 0 Å². The first-order chi connectivity index (χ1) is 8.43. The standard InChI is InChI=1S/C15H14N2/c1-2-7-14-13(6-1)16-10-12-5-3-4-11-8-9-17(14)15(11)12/h1-3,5-7,10-11H,4,8-9H2. The quantitative estimate of drug-likeness (QED) is 0.656. The molecule has 0 amide bonds. The van der Waals surface area contributed by atoms with Gasteiger partial charge in [0.1, 0.15) is 0 Å². The molecule has 2 heterocycles. The summed E-state index contributed by atoms with van der Waals surface area (Å²) in [4.78, 5) is 7.08. The molecule has 3 aliphatic rings. The van der Waals surface area contributed by atoms with Gasteiger partial charge in [-0.15, -0.1) is 0 Å². The molecule has 0 saturated carbocycles. The summed E-state index contributed by atoms with van der Waals surface area (Å²) in [5.41, 5.74) is 5.15. The van der Waals surface area contributed by atoms with Gasteiger partial charge in [0.2, 0.25) is 0 Å². The van der Waals surface area contributed by atoms with Crippen LogP contribution in [0.1, 0.15) is 12.8 Å². The molecule has 17 heavy (non-hydrogen) atoms. The molecular formula is C15H14N2. The minimum absolute atomic E-state index is 0.701. The molecule has 84 valence electrons. The second-order valence-corrected chi connectivity index (χ2v) is 4.86. The summed E-state index contributed by atoms with van der Waals surface area (Å²) in [7, 11) is 0. The van der Waals surface area contributed by atoms with Crippen LogP contribution in [-0.2, 0) is 0 Å². The molecule has 2 aliphatic heterocycles. The van der Waals surface area contributed by atoms with E-state index < -0.39 is 0 Å². The zero-order valence-electron chi connectivity index (χ0n) is 9.63. The van der Waals surface area contributed by atoms with Gasteiger partial charge in [0.15, 0.2) is 0 Å². The van der Waals surface area contributed by atoms with E-state index in [0.29, 0.717) is 5.92 Å². The Morgan fingerprint density at radius 3 is 3.18 bits per heavy atom. The highest BCUT2D eigenvalue weighted by Crippen LogP contribution is 2.43. The number of nitrogens with zero attached hydrogens (tertiary/aromatic N) is 2. The van der Waals surface area contributed by atoms with E-state index in [9.17, 15) is 0 Å². The molecule has 0 N–H and O–H groups in total. The van der Waals surface area contributed by atoms with E-state index in [1.54, 1.807) is 0 Å². The molecule has 1 unspecified atom stereocenters. The first-order valence-electron chi connectivity index (χ1n) is 6.25. The summed E-state index contributed by atoms with van der Waals surface area (Å²) in [6.07, 6.45) is 8.99. The fourth-order valence-corrected chi connectivity index (χ4v) is 3.13. The molecule has 0 bridgehead atoms. The largest absolute Gasteiger partial charge is 0.342 e. The lowest BCUT2D eigenvalue weighted by Gasteiger charge is -2.25. The summed E-state index contributed by atoms with van der Waals surface area (Å²) in [5.74, 6) is 0.701. The second kappa shape index (κ2) is 3.33. The van der Waals surface area contributed by atoms with E-state index in [2.05, 4.69) is 46.3 Å². The maximum Gasteiger partial charge on any atom is 0.0866 e. The first-order valence-corrected chi connectivity index (χ1v) is 6.25. The fraction of sp³-hybridized carbons (Fsp3) is 0.267. The third-order valence-corrected chi connectivity index (χ3v) is 3.91. The minimum atomic E-state index is 0.701. The van der Waals surface area contributed by atoms with Crippen LogP contribution in [-0.4, -0.2) is 12.8 Å². The molecule has 1 aromatic rings. The topological polar surface area (TPSA) is 15.6 Å². The molecule has 0 radical (unpaired) electrons. The average molecular weight is 222 g/mol. The first kappa shape index (κ1) is 9.23. The Morgan fingerprint density at radius 1 is 1.24 bits per heavy atom. The average Bonchev–Trinajstić information content (AvgIpc) is 2.73. The van der Waals surface area contributed by atoms with Crippen LogP contribution in [0.25, 0.3) is 0 Å². The Kier molecular flexibility index (Phi) is 1.81. The van der Waals surface area contributed by atoms with E-state index in [4.69, 9.17) is 0 Å². The Morgan fingerprint density at radius 2 is 2.18 bits per heavy atom. The molecule has 1 saturated heterocycles. The van der Waals surface area contributed by atoms with Crippen LogP contribution in [0.3, 0.4) is 0 Å². The smallest absolute Gasteiger partial charge is 0.0866 e. The summed E-state index contributed by atoms with van der Waals surface area (Å²) in [5, 5.41) is 0. The van der Waals surface area contributed by atoms with Crippen molar-refractivity contribution in [2.24, 2.45) is 10.9 Å². The maximum atomic E-state index is 4.61. The molecule has 4 rings (SSSR count). The summed E-state index contributed by atoms with van der Waals surface area (Å²) in [6.45, 7) is 1.13. The molecule has 2 heteroatoms. The number of fused-ring (bicyclic) bond motifs is 2. The molecule has 1 atom stereocenters. The highest BCUT2D eigenvalue weighted by Gasteiger charge is 2.33. The lowest BCUT2D eigenvalue weighted by Crippen LogP contribution is -2.19. The van der Waals surface area contributed by atoms with Crippen LogP contribution in [0.2, 0.25) is 0 Å². The van der Waals surface area contributed by atoms with Crippen molar-refractivity contribution in [2.45, 2.75) is 12.8 Å². The minimum Gasteiger partial charge on any atom is -0.342 e. The number of hydrogen-bond acceptors (Lipinski definition) is 2. The predicted molar refractivity (Wildman–Crippen MR) is 70.8 cm³/mol. The molecule has 1 fully saturated rings. The molecular weight excluding hydrogens is 208 g/mol. The van der Waals surface area contributed by atoms with Crippen LogP contribution < -0.4 is 4.90 Å². The lowest BCUT2D eigenvalue weighted by molar-refractivity contribution is 0.644. The van der Waals surface area contributed by atoms with E-state index >= 15 is 0 Å². The van der Waals surface area contributed by atoms with Crippen molar-refractivity contribution < 1.29 is 0 Å². The Labute approximate surface area is 101 Å². The van der Waals surface area contributed by atoms with Crippen LogP contribution in [0.4, 0.5) is 11.4 Å². The molecule has 0 spiro atoms. The lowest BCUT2D eigenvalue weighted by atomic mass is 9.93. The van der Waals surface area contributed by atoms with Crippen molar-refractivity contribution in [1.29, 1.82) is 0 Å². The summed E-state index contributed by atoms with van der Waals surface area (Å²) in [6, 6.07) is 8.44. The third-order valence-electron chi connectivity index (χ3n) is 3.91. The van der Waals surface area contributed by atoms with Crippen molar-refractivity contribution >= 4 is 17.6 Å². The molecule has 1 aromatic carbocycles. The SMILES string of the molecule is C1=CC2=C3C(C1)CCN3c1ccccc1N=C2. The van der Waals surface area contributed by atoms with Crippen molar-refractivity contribution in [3.8, 4) is 0 Å². The van der Waals surface area contributed by atoms with Gasteiger partial charge in [-0.3, -0.25) is 4.99 Å². The summed E-state index contributed by atoms with van der Waals surface area (Å²) < 4.78 is 0. The number of anilines is 1. The van der Waals surface area contributed by atoms with E-state index in [0.717, 1.165) is 12.2 Å². The van der Waals surface area contributed by atoms with Gasteiger partial charge in [0.05, 0.1) is 11.4 Å². The molecule has 1 aliphatic carbocycles. The Bertz CT molecular complexity index is 566. The fourth-order valence-electron chi connectivity index (χ4n) is 3.13. The van der Waals surface area contributed by atoms with E-state index in [-0.39, 0.29) is 0 Å². The van der Waals surface area contributed by atoms with Gasteiger partial charge in [-0.05, 0) is 25.0 Å². The summed E-state index contributed by atoms with van der Waals surface area (Å²) >= 11 is 0. The van der Waals surface area contributed by atoms with Gasteiger partial charge >= 0.3 is 0 Å². The van der Waals surface area contributed by atoms with Crippen molar-refractivity contribution in [3.05, 3.63) is 47.7 Å². The number of para-hydroxylation sites is 2.